The Morgan fingerprint density at radius 1 is 0.950 bits per heavy atom. The van der Waals surface area contributed by atoms with Crippen molar-refractivity contribution in [3.8, 4) is 11.3 Å². The van der Waals surface area contributed by atoms with Crippen molar-refractivity contribution >= 4 is 10.8 Å². The molecule has 2 heteroatoms. The molecule has 0 saturated heterocycles. The summed E-state index contributed by atoms with van der Waals surface area (Å²) in [5, 5.41) is 2.26. The van der Waals surface area contributed by atoms with Gasteiger partial charge in [0.1, 0.15) is 0 Å². The normalized spacial score (nSPS) is 11.2. The third-order valence-electron chi connectivity index (χ3n) is 3.58. The molecule has 0 amide bonds. The summed E-state index contributed by atoms with van der Waals surface area (Å²) in [5.74, 6) is 0.526. The van der Waals surface area contributed by atoms with Gasteiger partial charge in [-0.2, -0.15) is 0 Å². The Labute approximate surface area is 119 Å². The third kappa shape index (κ3) is 2.42. The molecule has 2 aromatic heterocycles. The van der Waals surface area contributed by atoms with Gasteiger partial charge in [0.2, 0.25) is 0 Å². The molecule has 1 aromatic carbocycles. The first kappa shape index (κ1) is 12.8. The molecule has 20 heavy (non-hydrogen) atoms. The highest BCUT2D eigenvalue weighted by Gasteiger charge is 2.06. The minimum absolute atomic E-state index is 0.526. The topological polar surface area (TPSA) is 25.8 Å². The fourth-order valence-corrected chi connectivity index (χ4v) is 2.43. The standard InChI is InChI=1S/C18H18N2/c1-12(2)15-6-13(3)7-16(8-15)18-9-14-4-5-19-10-17(14)11-20-18/h4-12H,1-3H3. The predicted molar refractivity (Wildman–Crippen MR) is 83.8 cm³/mol. The number of nitrogens with zero attached hydrogens (tertiary/aromatic N) is 2. The number of rotatable bonds is 2. The zero-order chi connectivity index (χ0) is 14.1. The Bertz CT molecular complexity index is 760. The van der Waals surface area contributed by atoms with Crippen LogP contribution in [-0.2, 0) is 0 Å². The number of aryl methyl sites for hydroxylation is 1. The van der Waals surface area contributed by atoms with Gasteiger partial charge in [0, 0.05) is 29.5 Å². The Balaban J connectivity index is 2.15. The molecule has 0 fully saturated rings. The lowest BCUT2D eigenvalue weighted by atomic mass is 9.96. The first-order valence-electron chi connectivity index (χ1n) is 6.95. The summed E-state index contributed by atoms with van der Waals surface area (Å²) in [6.45, 7) is 6.58. The van der Waals surface area contributed by atoms with Gasteiger partial charge in [0.25, 0.3) is 0 Å². The van der Waals surface area contributed by atoms with Crippen LogP contribution < -0.4 is 0 Å². The van der Waals surface area contributed by atoms with E-state index in [1.165, 1.54) is 22.1 Å². The van der Waals surface area contributed by atoms with Crippen molar-refractivity contribution in [2.24, 2.45) is 0 Å². The van der Waals surface area contributed by atoms with Gasteiger partial charge in [-0.05, 0) is 48.1 Å². The summed E-state index contributed by atoms with van der Waals surface area (Å²) in [6.07, 6.45) is 5.57. The zero-order valence-corrected chi connectivity index (χ0v) is 12.1. The minimum atomic E-state index is 0.526. The Kier molecular flexibility index (Phi) is 3.23. The van der Waals surface area contributed by atoms with E-state index in [9.17, 15) is 0 Å². The maximum atomic E-state index is 4.58. The van der Waals surface area contributed by atoms with Crippen LogP contribution >= 0.6 is 0 Å². The average Bonchev–Trinajstić information content (AvgIpc) is 2.46. The van der Waals surface area contributed by atoms with Gasteiger partial charge in [0.15, 0.2) is 0 Å². The van der Waals surface area contributed by atoms with E-state index in [2.05, 4.69) is 55.0 Å². The second kappa shape index (κ2) is 5.04. The van der Waals surface area contributed by atoms with E-state index in [0.717, 1.165) is 11.1 Å². The molecule has 0 N–H and O–H groups in total. The molecule has 0 aliphatic carbocycles. The molecule has 2 nitrogen and oxygen atoms in total. The maximum Gasteiger partial charge on any atom is 0.0708 e. The van der Waals surface area contributed by atoms with Crippen molar-refractivity contribution in [3.63, 3.8) is 0 Å². The van der Waals surface area contributed by atoms with Crippen molar-refractivity contribution in [1.29, 1.82) is 0 Å². The van der Waals surface area contributed by atoms with Crippen molar-refractivity contribution in [2.45, 2.75) is 26.7 Å². The molecule has 0 unspecified atom stereocenters. The molecule has 0 aliphatic rings. The quantitative estimate of drug-likeness (QED) is 0.667. The van der Waals surface area contributed by atoms with Crippen LogP contribution in [0, 0.1) is 6.92 Å². The smallest absolute Gasteiger partial charge is 0.0708 e. The van der Waals surface area contributed by atoms with E-state index in [1.807, 2.05) is 24.7 Å². The van der Waals surface area contributed by atoms with E-state index in [-0.39, 0.29) is 0 Å². The van der Waals surface area contributed by atoms with Crippen LogP contribution in [0.5, 0.6) is 0 Å². The van der Waals surface area contributed by atoms with Crippen LogP contribution in [0.3, 0.4) is 0 Å². The molecule has 0 spiro atoms. The van der Waals surface area contributed by atoms with Gasteiger partial charge in [-0.1, -0.05) is 25.5 Å². The number of benzene rings is 1. The maximum absolute atomic E-state index is 4.58. The number of hydrogen-bond acceptors (Lipinski definition) is 2. The van der Waals surface area contributed by atoms with Crippen LogP contribution in [0.25, 0.3) is 22.0 Å². The van der Waals surface area contributed by atoms with E-state index in [1.54, 1.807) is 0 Å². The van der Waals surface area contributed by atoms with E-state index >= 15 is 0 Å². The second-order valence-corrected chi connectivity index (χ2v) is 5.58. The SMILES string of the molecule is Cc1cc(-c2cc3ccncc3cn2)cc(C(C)C)c1. The number of hydrogen-bond donors (Lipinski definition) is 0. The molecule has 0 saturated carbocycles. The fraction of sp³-hybridized carbons (Fsp3) is 0.222. The number of fused-ring (bicyclic) bond motifs is 1. The lowest BCUT2D eigenvalue weighted by Crippen LogP contribution is -1.92. The first-order valence-corrected chi connectivity index (χ1v) is 6.95. The summed E-state index contributed by atoms with van der Waals surface area (Å²) >= 11 is 0. The van der Waals surface area contributed by atoms with E-state index in [4.69, 9.17) is 0 Å². The Morgan fingerprint density at radius 3 is 2.60 bits per heavy atom. The summed E-state index contributed by atoms with van der Waals surface area (Å²) in [4.78, 5) is 8.71. The van der Waals surface area contributed by atoms with Crippen LogP contribution in [0.15, 0.2) is 48.9 Å². The third-order valence-corrected chi connectivity index (χ3v) is 3.58. The van der Waals surface area contributed by atoms with Crippen LogP contribution in [-0.4, -0.2) is 9.97 Å². The summed E-state index contributed by atoms with van der Waals surface area (Å²) < 4.78 is 0. The van der Waals surface area contributed by atoms with Gasteiger partial charge >= 0.3 is 0 Å². The van der Waals surface area contributed by atoms with Gasteiger partial charge < -0.3 is 0 Å². The van der Waals surface area contributed by atoms with Crippen molar-refractivity contribution in [1.82, 2.24) is 9.97 Å². The largest absolute Gasteiger partial charge is 0.264 e. The average molecular weight is 262 g/mol. The Morgan fingerprint density at radius 2 is 1.80 bits per heavy atom. The molecular formula is C18H18N2. The lowest BCUT2D eigenvalue weighted by Gasteiger charge is -2.10. The molecule has 3 rings (SSSR count). The van der Waals surface area contributed by atoms with Crippen LogP contribution in [0.4, 0.5) is 0 Å². The Hall–Kier alpha value is -2.22. The monoisotopic (exact) mass is 262 g/mol. The fourth-order valence-electron chi connectivity index (χ4n) is 2.43. The minimum Gasteiger partial charge on any atom is -0.264 e. The highest BCUT2D eigenvalue weighted by molar-refractivity contribution is 5.84. The molecular weight excluding hydrogens is 244 g/mol. The van der Waals surface area contributed by atoms with E-state index in [0.29, 0.717) is 5.92 Å². The predicted octanol–water partition coefficient (Wildman–Crippen LogP) is 4.73. The van der Waals surface area contributed by atoms with Crippen LogP contribution in [0.2, 0.25) is 0 Å². The molecule has 2 heterocycles. The van der Waals surface area contributed by atoms with Crippen molar-refractivity contribution in [3.05, 3.63) is 60.0 Å². The summed E-state index contributed by atoms with van der Waals surface area (Å²) in [6, 6.07) is 10.9. The molecule has 3 aromatic rings. The van der Waals surface area contributed by atoms with Crippen molar-refractivity contribution in [2.75, 3.05) is 0 Å². The molecule has 0 atom stereocenters. The number of aromatic nitrogens is 2. The highest BCUT2D eigenvalue weighted by Crippen LogP contribution is 2.26. The summed E-state index contributed by atoms with van der Waals surface area (Å²) in [7, 11) is 0. The number of pyridine rings is 2. The van der Waals surface area contributed by atoms with Gasteiger partial charge in [-0.15, -0.1) is 0 Å². The molecule has 100 valence electrons. The van der Waals surface area contributed by atoms with Crippen molar-refractivity contribution < 1.29 is 0 Å². The summed E-state index contributed by atoms with van der Waals surface area (Å²) in [5.41, 5.74) is 4.85. The van der Waals surface area contributed by atoms with E-state index < -0.39 is 0 Å². The highest BCUT2D eigenvalue weighted by atomic mass is 14.7. The second-order valence-electron chi connectivity index (χ2n) is 5.58. The van der Waals surface area contributed by atoms with Crippen LogP contribution in [0.1, 0.15) is 30.9 Å². The lowest BCUT2D eigenvalue weighted by molar-refractivity contribution is 0.865. The van der Waals surface area contributed by atoms with Gasteiger partial charge in [-0.25, -0.2) is 0 Å². The molecule has 0 bridgehead atoms. The van der Waals surface area contributed by atoms with Gasteiger partial charge in [0.05, 0.1) is 5.69 Å². The zero-order valence-electron chi connectivity index (χ0n) is 12.1. The van der Waals surface area contributed by atoms with Gasteiger partial charge in [-0.3, -0.25) is 9.97 Å². The molecule has 0 aliphatic heterocycles. The molecule has 0 radical (unpaired) electrons. The first-order chi connectivity index (χ1) is 9.63.